The van der Waals surface area contributed by atoms with Crippen LogP contribution < -0.4 is 10.0 Å². The van der Waals surface area contributed by atoms with Crippen molar-refractivity contribution < 1.29 is 18.0 Å². The van der Waals surface area contributed by atoms with Gasteiger partial charge in [0.15, 0.2) is 0 Å². The molecule has 0 spiro atoms. The molecular formula is C21H22ClN3O4S2. The van der Waals surface area contributed by atoms with E-state index in [9.17, 15) is 18.0 Å². The Labute approximate surface area is 190 Å². The van der Waals surface area contributed by atoms with E-state index in [1.807, 2.05) is 4.90 Å². The van der Waals surface area contributed by atoms with Crippen molar-refractivity contribution in [3.05, 3.63) is 47.5 Å². The lowest BCUT2D eigenvalue weighted by Gasteiger charge is -2.18. The van der Waals surface area contributed by atoms with Gasteiger partial charge < -0.3 is 10.2 Å². The van der Waals surface area contributed by atoms with Crippen LogP contribution in [0.5, 0.6) is 0 Å². The van der Waals surface area contributed by atoms with Crippen LogP contribution in [-0.2, 0) is 19.6 Å². The Morgan fingerprint density at radius 3 is 2.58 bits per heavy atom. The van der Waals surface area contributed by atoms with Crippen LogP contribution >= 0.6 is 23.4 Å². The van der Waals surface area contributed by atoms with Crippen LogP contribution in [0.15, 0.2) is 52.3 Å². The fourth-order valence-electron chi connectivity index (χ4n) is 3.59. The first kappa shape index (κ1) is 22.0. The third-order valence-corrected chi connectivity index (χ3v) is 8.17. The summed E-state index contributed by atoms with van der Waals surface area (Å²) < 4.78 is 28.1. The minimum absolute atomic E-state index is 0.000336. The van der Waals surface area contributed by atoms with E-state index in [4.69, 9.17) is 11.6 Å². The Kier molecular flexibility index (Phi) is 6.45. The highest BCUT2D eigenvalue weighted by Crippen LogP contribution is 2.35. The van der Waals surface area contributed by atoms with Gasteiger partial charge in [-0.3, -0.25) is 14.3 Å². The molecular weight excluding hydrogens is 458 g/mol. The summed E-state index contributed by atoms with van der Waals surface area (Å²) in [5.41, 5.74) is 0.823. The molecule has 2 aliphatic rings. The van der Waals surface area contributed by atoms with Crippen LogP contribution in [0.2, 0.25) is 5.02 Å². The van der Waals surface area contributed by atoms with E-state index >= 15 is 0 Å². The molecule has 0 aliphatic carbocycles. The SMILES string of the molecule is O=C1Nc2cc(S(=O)(=O)Nc3ccc(Cl)cc3)ccc2SC[C@@H]1CC(=O)N1CCCC1. The van der Waals surface area contributed by atoms with E-state index in [1.54, 1.807) is 30.3 Å². The summed E-state index contributed by atoms with van der Waals surface area (Å²) in [4.78, 5) is 27.8. The summed E-state index contributed by atoms with van der Waals surface area (Å²) in [5, 5.41) is 3.32. The molecule has 0 unspecified atom stereocenters. The van der Waals surface area contributed by atoms with Crippen molar-refractivity contribution in [2.45, 2.75) is 29.1 Å². The molecule has 7 nitrogen and oxygen atoms in total. The number of rotatable bonds is 5. The number of fused-ring (bicyclic) bond motifs is 1. The lowest BCUT2D eigenvalue weighted by molar-refractivity contribution is -0.133. The van der Waals surface area contributed by atoms with Crippen molar-refractivity contribution in [3.63, 3.8) is 0 Å². The molecule has 1 saturated heterocycles. The molecule has 1 fully saturated rings. The number of nitrogens with zero attached hydrogens (tertiary/aromatic N) is 1. The number of nitrogens with one attached hydrogen (secondary N) is 2. The van der Waals surface area contributed by atoms with E-state index in [2.05, 4.69) is 10.0 Å². The Hall–Kier alpha value is -2.23. The number of carbonyl (C=O) groups excluding carboxylic acids is 2. The van der Waals surface area contributed by atoms with E-state index in [0.717, 1.165) is 30.8 Å². The average molecular weight is 480 g/mol. The third kappa shape index (κ3) is 5.16. The number of anilines is 2. The molecule has 10 heteroatoms. The van der Waals surface area contributed by atoms with Crippen molar-refractivity contribution in [3.8, 4) is 0 Å². The average Bonchev–Trinajstić information content (AvgIpc) is 3.23. The van der Waals surface area contributed by atoms with E-state index < -0.39 is 15.9 Å². The molecule has 0 radical (unpaired) electrons. The van der Waals surface area contributed by atoms with Gasteiger partial charge in [-0.25, -0.2) is 8.42 Å². The highest BCUT2D eigenvalue weighted by Gasteiger charge is 2.30. The highest BCUT2D eigenvalue weighted by molar-refractivity contribution is 7.99. The number of halogens is 1. The predicted molar refractivity (Wildman–Crippen MR) is 122 cm³/mol. The smallest absolute Gasteiger partial charge is 0.261 e. The molecule has 164 valence electrons. The second-order valence-electron chi connectivity index (χ2n) is 7.56. The van der Waals surface area contributed by atoms with Crippen LogP contribution in [0.3, 0.4) is 0 Å². The minimum Gasteiger partial charge on any atom is -0.343 e. The maximum atomic E-state index is 12.8. The van der Waals surface area contributed by atoms with Crippen LogP contribution in [0.1, 0.15) is 19.3 Å². The summed E-state index contributed by atoms with van der Waals surface area (Å²) in [6, 6.07) is 11.0. The molecule has 2 N–H and O–H groups in total. The van der Waals surface area contributed by atoms with Gasteiger partial charge in [-0.15, -0.1) is 11.8 Å². The van der Waals surface area contributed by atoms with Crippen LogP contribution in [-0.4, -0.2) is 44.0 Å². The number of benzene rings is 2. The summed E-state index contributed by atoms with van der Waals surface area (Å²) >= 11 is 7.29. The molecule has 31 heavy (non-hydrogen) atoms. The number of likely N-dealkylation sites (tertiary alicyclic amines) is 1. The fourth-order valence-corrected chi connectivity index (χ4v) is 5.88. The summed E-state index contributed by atoms with van der Waals surface area (Å²) in [6.07, 6.45) is 2.17. The molecule has 2 aromatic rings. The second kappa shape index (κ2) is 9.10. The Morgan fingerprint density at radius 1 is 1.16 bits per heavy atom. The standard InChI is InChI=1S/C21H22ClN3O4S2/c22-15-3-5-16(6-4-15)24-31(28,29)17-7-8-19-18(12-17)23-21(27)14(13-30-19)11-20(26)25-9-1-2-10-25/h3-8,12,14,24H,1-2,9-11,13H2,(H,23,27)/t14-/m0/s1. The van der Waals surface area contributed by atoms with Gasteiger partial charge in [-0.05, 0) is 55.3 Å². The maximum absolute atomic E-state index is 12.8. The minimum atomic E-state index is -3.85. The molecule has 0 aromatic heterocycles. The Balaban J connectivity index is 1.49. The number of amides is 2. The summed E-state index contributed by atoms with van der Waals surface area (Å²) in [7, 11) is -3.85. The number of carbonyl (C=O) groups is 2. The van der Waals surface area contributed by atoms with Crippen molar-refractivity contribution in [2.24, 2.45) is 5.92 Å². The van der Waals surface area contributed by atoms with Gasteiger partial charge in [-0.2, -0.15) is 0 Å². The zero-order valence-electron chi connectivity index (χ0n) is 16.6. The molecule has 2 aromatic carbocycles. The Bertz CT molecular complexity index is 1100. The molecule has 2 amide bonds. The van der Waals surface area contributed by atoms with Crippen LogP contribution in [0, 0.1) is 5.92 Å². The zero-order valence-corrected chi connectivity index (χ0v) is 19.0. The molecule has 0 saturated carbocycles. The van der Waals surface area contributed by atoms with E-state index in [1.165, 1.54) is 23.9 Å². The first-order valence-electron chi connectivity index (χ1n) is 9.96. The first-order chi connectivity index (χ1) is 14.8. The van der Waals surface area contributed by atoms with Gasteiger partial charge in [0, 0.05) is 40.9 Å². The maximum Gasteiger partial charge on any atom is 0.261 e. The summed E-state index contributed by atoms with van der Waals surface area (Å²) in [6.45, 7) is 1.50. The zero-order chi connectivity index (χ0) is 22.0. The normalized spacial score (nSPS) is 18.8. The molecule has 0 bridgehead atoms. The number of hydrogen-bond donors (Lipinski definition) is 2. The molecule has 2 aliphatic heterocycles. The summed E-state index contributed by atoms with van der Waals surface area (Å²) in [5.74, 6) is -0.260. The van der Waals surface area contributed by atoms with Gasteiger partial charge >= 0.3 is 0 Å². The van der Waals surface area contributed by atoms with Crippen LogP contribution in [0.4, 0.5) is 11.4 Å². The van der Waals surface area contributed by atoms with Crippen molar-refractivity contribution in [1.82, 2.24) is 4.90 Å². The highest BCUT2D eigenvalue weighted by atomic mass is 35.5. The lowest BCUT2D eigenvalue weighted by Crippen LogP contribution is -2.33. The fraction of sp³-hybridized carbons (Fsp3) is 0.333. The predicted octanol–water partition coefficient (Wildman–Crippen LogP) is 3.81. The first-order valence-corrected chi connectivity index (χ1v) is 12.8. The molecule has 4 rings (SSSR count). The van der Waals surface area contributed by atoms with Crippen molar-refractivity contribution >= 4 is 56.6 Å². The molecule has 2 heterocycles. The van der Waals surface area contributed by atoms with E-state index in [0.29, 0.717) is 22.2 Å². The topological polar surface area (TPSA) is 95.6 Å². The van der Waals surface area contributed by atoms with Gasteiger partial charge in [0.05, 0.1) is 16.5 Å². The number of thioether (sulfide) groups is 1. The quantitative estimate of drug-likeness (QED) is 0.679. The van der Waals surface area contributed by atoms with E-state index in [-0.39, 0.29) is 23.1 Å². The van der Waals surface area contributed by atoms with Crippen molar-refractivity contribution in [2.75, 3.05) is 28.9 Å². The second-order valence-corrected chi connectivity index (χ2v) is 10.7. The van der Waals surface area contributed by atoms with Crippen LogP contribution in [0.25, 0.3) is 0 Å². The van der Waals surface area contributed by atoms with Crippen molar-refractivity contribution in [1.29, 1.82) is 0 Å². The third-order valence-electron chi connectivity index (χ3n) is 5.31. The molecule has 1 atom stereocenters. The van der Waals surface area contributed by atoms with Gasteiger partial charge in [-0.1, -0.05) is 11.6 Å². The Morgan fingerprint density at radius 2 is 1.87 bits per heavy atom. The lowest BCUT2D eigenvalue weighted by atomic mass is 10.1. The van der Waals surface area contributed by atoms with Gasteiger partial charge in [0.1, 0.15) is 0 Å². The number of hydrogen-bond acceptors (Lipinski definition) is 5. The monoisotopic (exact) mass is 479 g/mol. The largest absolute Gasteiger partial charge is 0.343 e. The number of sulfonamides is 1. The van der Waals surface area contributed by atoms with Gasteiger partial charge in [0.2, 0.25) is 11.8 Å². The van der Waals surface area contributed by atoms with Gasteiger partial charge in [0.25, 0.3) is 10.0 Å².